The van der Waals surface area contributed by atoms with Gasteiger partial charge in [-0.3, -0.25) is 29.8 Å². The van der Waals surface area contributed by atoms with Crippen molar-refractivity contribution < 1.29 is 48.0 Å². The molecule has 1 atom stereocenters. The molecule has 0 spiro atoms. The highest BCUT2D eigenvalue weighted by atomic mass is 16.6. The molecule has 3 N–H and O–H groups in total. The molecule has 0 bridgehead atoms. The lowest BCUT2D eigenvalue weighted by Crippen LogP contribution is -2.27. The van der Waals surface area contributed by atoms with Crippen molar-refractivity contribution in [3.63, 3.8) is 0 Å². The molecular formula is C49H76N8O12. The number of benzene rings is 2. The molecule has 4 rings (SSSR count). The van der Waals surface area contributed by atoms with Gasteiger partial charge in [-0.05, 0) is 71.3 Å². The standard InChI is InChI=1S/C49H76N8O12/c58-37-39(67-45(60)28-22-16-10-4-6-12-18-24-34-51-41-30-32-43(57(63)64)49-47(41)53-69-55-49)38-65-35-25-19-13-7-1-2-8-14-20-26-36-66-44(59)27-21-15-9-3-5-11-17-23-33-50-40-29-31-42(56(61)62)48-46(40)52-68-54-48/h29-32,39,50-51,58H,1-28,33-38H2/t39-/m0/s1. The molecule has 0 aliphatic rings. The Bertz CT molecular complexity index is 2060. The van der Waals surface area contributed by atoms with Gasteiger partial charge in [0.2, 0.25) is 11.0 Å². The van der Waals surface area contributed by atoms with Crippen LogP contribution in [0.15, 0.2) is 33.5 Å². The van der Waals surface area contributed by atoms with Gasteiger partial charge in [0.15, 0.2) is 11.0 Å². The Morgan fingerprint density at radius 1 is 0.522 bits per heavy atom. The lowest BCUT2D eigenvalue weighted by atomic mass is 10.1. The number of nitro benzene ring substituents is 2. The molecule has 0 fully saturated rings. The average Bonchev–Trinajstić information content (AvgIpc) is 4.05. The number of nitrogens with zero attached hydrogens (tertiary/aromatic N) is 6. The number of ether oxygens (including phenoxy) is 3. The molecule has 0 saturated heterocycles. The highest BCUT2D eigenvalue weighted by Crippen LogP contribution is 2.30. The Kier molecular flexibility index (Phi) is 28.2. The summed E-state index contributed by atoms with van der Waals surface area (Å²) < 4.78 is 26.0. The number of aliphatic hydroxyl groups excluding tert-OH is 1. The first-order chi connectivity index (χ1) is 33.8. The third-order valence-corrected chi connectivity index (χ3v) is 12.2. The van der Waals surface area contributed by atoms with Crippen LogP contribution < -0.4 is 10.6 Å². The van der Waals surface area contributed by atoms with Gasteiger partial charge in [-0.15, -0.1) is 0 Å². The molecule has 20 heteroatoms. The van der Waals surface area contributed by atoms with Crippen LogP contribution in [0, 0.1) is 20.2 Å². The van der Waals surface area contributed by atoms with Gasteiger partial charge in [-0.1, -0.05) is 128 Å². The van der Waals surface area contributed by atoms with Crippen molar-refractivity contribution in [1.82, 2.24) is 20.6 Å². The molecule has 69 heavy (non-hydrogen) atoms. The lowest BCUT2D eigenvalue weighted by Gasteiger charge is -2.16. The molecule has 4 aromatic rings. The molecule has 0 aliphatic heterocycles. The maximum atomic E-state index is 12.3. The molecule has 0 aliphatic carbocycles. The first-order valence-corrected chi connectivity index (χ1v) is 25.6. The second-order valence-electron chi connectivity index (χ2n) is 17.8. The van der Waals surface area contributed by atoms with E-state index in [0.29, 0.717) is 48.5 Å². The highest BCUT2D eigenvalue weighted by Gasteiger charge is 2.21. The van der Waals surface area contributed by atoms with Gasteiger partial charge in [-0.2, -0.15) is 0 Å². The minimum absolute atomic E-state index is 0.0870. The number of carbonyl (C=O) groups is 2. The van der Waals surface area contributed by atoms with Crippen LogP contribution >= 0.6 is 0 Å². The second kappa shape index (κ2) is 34.7. The van der Waals surface area contributed by atoms with Gasteiger partial charge in [0.25, 0.3) is 0 Å². The van der Waals surface area contributed by atoms with Crippen LogP contribution in [-0.4, -0.2) is 93.1 Å². The summed E-state index contributed by atoms with van der Waals surface area (Å²) in [5, 5.41) is 53.4. The largest absolute Gasteiger partial charge is 0.466 e. The molecular weight excluding hydrogens is 893 g/mol. The van der Waals surface area contributed by atoms with Crippen LogP contribution in [0.1, 0.15) is 180 Å². The van der Waals surface area contributed by atoms with Gasteiger partial charge in [0, 0.05) is 44.7 Å². The summed E-state index contributed by atoms with van der Waals surface area (Å²) in [6.45, 7) is 2.52. The van der Waals surface area contributed by atoms with E-state index in [2.05, 4.69) is 31.3 Å². The van der Waals surface area contributed by atoms with Crippen molar-refractivity contribution in [3.05, 3.63) is 44.5 Å². The number of aliphatic hydroxyl groups is 1. The van der Waals surface area contributed by atoms with Crippen LogP contribution in [0.5, 0.6) is 0 Å². The first kappa shape index (κ1) is 56.1. The summed E-state index contributed by atoms with van der Waals surface area (Å²) in [6, 6.07) is 6.09. The van der Waals surface area contributed by atoms with Crippen molar-refractivity contribution in [2.24, 2.45) is 0 Å². The maximum Gasteiger partial charge on any atom is 0.306 e. The van der Waals surface area contributed by atoms with Gasteiger partial charge in [-0.25, -0.2) is 9.26 Å². The fourth-order valence-corrected chi connectivity index (χ4v) is 8.21. The number of esters is 2. The highest BCUT2D eigenvalue weighted by molar-refractivity contribution is 5.94. The Hall–Kier alpha value is -5.50. The SMILES string of the molecule is O=C(CCCCCCCCCCNc1ccc([N+](=O)[O-])c2nonc12)OCCCCCCCCCCCCOC[C@H](CO)OC(=O)CCCCCCCCCCNc1ccc([N+](=O)[O-])c2nonc12. The molecule has 2 aromatic heterocycles. The monoisotopic (exact) mass is 969 g/mol. The Balaban J connectivity index is 0.814. The van der Waals surface area contributed by atoms with Gasteiger partial charge in [0.05, 0.1) is 41.0 Å². The minimum Gasteiger partial charge on any atom is -0.466 e. The van der Waals surface area contributed by atoms with E-state index in [0.717, 1.165) is 154 Å². The van der Waals surface area contributed by atoms with Crippen molar-refractivity contribution >= 4 is 56.8 Å². The summed E-state index contributed by atoms with van der Waals surface area (Å²) >= 11 is 0. The van der Waals surface area contributed by atoms with Crippen LogP contribution in [0.25, 0.3) is 22.1 Å². The number of nitrogens with one attached hydrogen (secondary N) is 2. The fraction of sp³-hybridized carbons (Fsp3) is 0.714. The first-order valence-electron chi connectivity index (χ1n) is 25.6. The molecule has 20 nitrogen and oxygen atoms in total. The minimum atomic E-state index is -0.628. The second-order valence-corrected chi connectivity index (χ2v) is 17.8. The fourth-order valence-electron chi connectivity index (χ4n) is 8.21. The third kappa shape index (κ3) is 22.6. The number of unbranched alkanes of at least 4 members (excludes halogenated alkanes) is 23. The van der Waals surface area contributed by atoms with Crippen LogP contribution in [0.3, 0.4) is 0 Å². The van der Waals surface area contributed by atoms with Gasteiger partial charge in [0.1, 0.15) is 6.10 Å². The van der Waals surface area contributed by atoms with Crippen molar-refractivity contribution in [1.29, 1.82) is 0 Å². The number of hydrogen-bond donors (Lipinski definition) is 3. The summed E-state index contributed by atoms with van der Waals surface area (Å²) in [6.07, 6.45) is 28.1. The van der Waals surface area contributed by atoms with Crippen molar-refractivity contribution in [3.8, 4) is 0 Å². The Morgan fingerprint density at radius 2 is 0.899 bits per heavy atom. The topological polar surface area (TPSA) is 270 Å². The molecule has 2 aromatic carbocycles. The summed E-state index contributed by atoms with van der Waals surface area (Å²) in [5.74, 6) is -0.379. The molecule has 2 heterocycles. The lowest BCUT2D eigenvalue weighted by molar-refractivity contribution is -0.383. The normalized spacial score (nSPS) is 11.8. The molecule has 0 unspecified atom stereocenters. The molecule has 0 saturated carbocycles. The van der Waals surface area contributed by atoms with Crippen molar-refractivity contribution in [2.45, 2.75) is 186 Å². The van der Waals surface area contributed by atoms with E-state index in [1.165, 1.54) is 37.8 Å². The number of rotatable bonds is 43. The smallest absolute Gasteiger partial charge is 0.306 e. The number of carbonyl (C=O) groups excluding carboxylic acids is 2. The van der Waals surface area contributed by atoms with E-state index in [1.807, 2.05) is 0 Å². The number of nitro groups is 2. The summed E-state index contributed by atoms with van der Waals surface area (Å²) in [5.41, 5.74) is 2.13. The molecule has 384 valence electrons. The van der Waals surface area contributed by atoms with Gasteiger partial charge < -0.3 is 30.0 Å². The number of anilines is 2. The van der Waals surface area contributed by atoms with E-state index in [1.54, 1.807) is 12.1 Å². The Morgan fingerprint density at radius 3 is 1.33 bits per heavy atom. The van der Waals surface area contributed by atoms with E-state index >= 15 is 0 Å². The zero-order chi connectivity index (χ0) is 49.2. The molecule has 0 amide bonds. The number of aromatic nitrogens is 4. The third-order valence-electron chi connectivity index (χ3n) is 12.2. The number of hydrogen-bond acceptors (Lipinski definition) is 18. The van der Waals surface area contributed by atoms with Crippen LogP contribution in [0.4, 0.5) is 22.7 Å². The summed E-state index contributed by atoms with van der Waals surface area (Å²) in [7, 11) is 0. The number of fused-ring (bicyclic) bond motifs is 2. The van der Waals surface area contributed by atoms with E-state index < -0.39 is 16.0 Å². The average molecular weight is 969 g/mol. The van der Waals surface area contributed by atoms with E-state index in [4.69, 9.17) is 23.5 Å². The van der Waals surface area contributed by atoms with E-state index in [-0.39, 0.29) is 47.6 Å². The maximum absolute atomic E-state index is 12.3. The zero-order valence-corrected chi connectivity index (χ0v) is 40.5. The summed E-state index contributed by atoms with van der Waals surface area (Å²) in [4.78, 5) is 45.7. The van der Waals surface area contributed by atoms with Crippen LogP contribution in [-0.2, 0) is 23.8 Å². The van der Waals surface area contributed by atoms with Gasteiger partial charge >= 0.3 is 23.3 Å². The van der Waals surface area contributed by atoms with Crippen molar-refractivity contribution in [2.75, 3.05) is 50.2 Å². The Labute approximate surface area is 404 Å². The zero-order valence-electron chi connectivity index (χ0n) is 40.5. The predicted molar refractivity (Wildman–Crippen MR) is 262 cm³/mol. The molecule has 0 radical (unpaired) electrons. The van der Waals surface area contributed by atoms with E-state index in [9.17, 15) is 34.9 Å². The van der Waals surface area contributed by atoms with Crippen LogP contribution in [0.2, 0.25) is 0 Å². The predicted octanol–water partition coefficient (Wildman–Crippen LogP) is 11.5. The quantitative estimate of drug-likeness (QED) is 0.0161. The number of non-ortho nitro benzene ring substituents is 2.